The number of rotatable bonds is 3. The standard InChI is InChI=1S/C6H10F2O/c1-3-5(6(7)8)9-4-2/h3-4H2,1-2H3. The molecule has 9 heavy (non-hydrogen) atoms. The summed E-state index contributed by atoms with van der Waals surface area (Å²) in [5.41, 5.74) is 0. The van der Waals surface area contributed by atoms with Crippen LogP contribution in [0.15, 0.2) is 11.8 Å². The van der Waals surface area contributed by atoms with Gasteiger partial charge >= 0.3 is 6.08 Å². The maximum Gasteiger partial charge on any atom is 0.307 e. The highest BCUT2D eigenvalue weighted by molar-refractivity contribution is 4.91. The van der Waals surface area contributed by atoms with E-state index in [-0.39, 0.29) is 12.2 Å². The van der Waals surface area contributed by atoms with Crippen LogP contribution in [0.25, 0.3) is 0 Å². The summed E-state index contributed by atoms with van der Waals surface area (Å²) in [6, 6.07) is 0. The largest absolute Gasteiger partial charge is 0.493 e. The van der Waals surface area contributed by atoms with Crippen LogP contribution in [0.2, 0.25) is 0 Å². The molecule has 0 spiro atoms. The van der Waals surface area contributed by atoms with Gasteiger partial charge in [-0.1, -0.05) is 6.92 Å². The van der Waals surface area contributed by atoms with Crippen LogP contribution in [-0.2, 0) is 4.74 Å². The first-order chi connectivity index (χ1) is 4.22. The van der Waals surface area contributed by atoms with Crippen LogP contribution in [0, 0.1) is 0 Å². The molecule has 3 heteroatoms. The van der Waals surface area contributed by atoms with E-state index in [2.05, 4.69) is 4.74 Å². The molecule has 0 radical (unpaired) electrons. The van der Waals surface area contributed by atoms with Gasteiger partial charge in [0.1, 0.15) is 0 Å². The molecule has 0 N–H and O–H groups in total. The highest BCUT2D eigenvalue weighted by Crippen LogP contribution is 2.11. The van der Waals surface area contributed by atoms with Gasteiger partial charge in [0.25, 0.3) is 0 Å². The molecule has 0 aromatic rings. The van der Waals surface area contributed by atoms with E-state index in [0.29, 0.717) is 6.61 Å². The average Bonchev–Trinajstić information content (AvgIpc) is 1.82. The van der Waals surface area contributed by atoms with E-state index in [1.165, 1.54) is 0 Å². The molecule has 0 rings (SSSR count). The first-order valence-electron chi connectivity index (χ1n) is 2.89. The number of hydrogen-bond donors (Lipinski definition) is 0. The van der Waals surface area contributed by atoms with Crippen LogP contribution >= 0.6 is 0 Å². The molecule has 0 aliphatic heterocycles. The van der Waals surface area contributed by atoms with Crippen molar-refractivity contribution in [3.05, 3.63) is 11.8 Å². The molecule has 0 fully saturated rings. The SMILES string of the molecule is CCOC(CC)=C(F)F. The Bertz CT molecular complexity index is 106. The Hall–Kier alpha value is -0.600. The van der Waals surface area contributed by atoms with Crippen molar-refractivity contribution in [2.75, 3.05) is 6.61 Å². The average molecular weight is 136 g/mol. The number of hydrogen-bond acceptors (Lipinski definition) is 1. The lowest BCUT2D eigenvalue weighted by Crippen LogP contribution is -1.90. The van der Waals surface area contributed by atoms with E-state index in [0.717, 1.165) is 0 Å². The molecule has 0 aromatic carbocycles. The molecule has 0 saturated heterocycles. The quantitative estimate of drug-likeness (QED) is 0.542. The zero-order chi connectivity index (χ0) is 7.28. The third-order valence-corrected chi connectivity index (χ3v) is 0.850. The summed E-state index contributed by atoms with van der Waals surface area (Å²) in [5, 5.41) is 0. The third kappa shape index (κ3) is 3.06. The van der Waals surface area contributed by atoms with Crippen LogP contribution in [0.1, 0.15) is 20.3 Å². The molecule has 0 unspecified atom stereocenters. The van der Waals surface area contributed by atoms with Crippen LogP contribution in [0.4, 0.5) is 8.78 Å². The lowest BCUT2D eigenvalue weighted by molar-refractivity contribution is 0.191. The predicted octanol–water partition coefficient (Wildman–Crippen LogP) is 2.54. The predicted molar refractivity (Wildman–Crippen MR) is 31.2 cm³/mol. The minimum Gasteiger partial charge on any atom is -0.493 e. The Morgan fingerprint density at radius 2 is 1.89 bits per heavy atom. The summed E-state index contributed by atoms with van der Waals surface area (Å²) in [7, 11) is 0. The summed E-state index contributed by atoms with van der Waals surface area (Å²) in [4.78, 5) is 0. The smallest absolute Gasteiger partial charge is 0.307 e. The van der Waals surface area contributed by atoms with E-state index in [1.54, 1.807) is 13.8 Å². The topological polar surface area (TPSA) is 9.23 Å². The fourth-order valence-electron chi connectivity index (χ4n) is 0.464. The Morgan fingerprint density at radius 1 is 1.33 bits per heavy atom. The maximum atomic E-state index is 11.6. The maximum absolute atomic E-state index is 11.6. The molecule has 0 amide bonds. The zero-order valence-electron chi connectivity index (χ0n) is 5.58. The first-order valence-corrected chi connectivity index (χ1v) is 2.89. The van der Waals surface area contributed by atoms with Crippen molar-refractivity contribution in [3.8, 4) is 0 Å². The molecule has 0 bridgehead atoms. The molecule has 0 heterocycles. The molecular weight excluding hydrogens is 126 g/mol. The summed E-state index contributed by atoms with van der Waals surface area (Å²) in [6.07, 6.45) is -1.45. The van der Waals surface area contributed by atoms with Crippen molar-refractivity contribution >= 4 is 0 Å². The monoisotopic (exact) mass is 136 g/mol. The fourth-order valence-corrected chi connectivity index (χ4v) is 0.464. The molecule has 0 atom stereocenters. The second-order valence-electron chi connectivity index (χ2n) is 1.47. The zero-order valence-corrected chi connectivity index (χ0v) is 5.58. The van der Waals surface area contributed by atoms with E-state index < -0.39 is 6.08 Å². The molecular formula is C6H10F2O. The molecule has 1 nitrogen and oxygen atoms in total. The van der Waals surface area contributed by atoms with Gasteiger partial charge in [0.05, 0.1) is 6.61 Å². The van der Waals surface area contributed by atoms with Gasteiger partial charge in [-0.05, 0) is 6.92 Å². The van der Waals surface area contributed by atoms with E-state index >= 15 is 0 Å². The van der Waals surface area contributed by atoms with E-state index in [1.807, 2.05) is 0 Å². The van der Waals surface area contributed by atoms with Gasteiger partial charge in [0, 0.05) is 6.42 Å². The molecule has 0 aromatic heterocycles. The van der Waals surface area contributed by atoms with Crippen molar-refractivity contribution in [3.63, 3.8) is 0 Å². The van der Waals surface area contributed by atoms with Gasteiger partial charge in [-0.3, -0.25) is 0 Å². The minimum absolute atomic E-state index is 0.197. The van der Waals surface area contributed by atoms with Gasteiger partial charge in [-0.15, -0.1) is 0 Å². The molecule has 0 saturated carbocycles. The summed E-state index contributed by atoms with van der Waals surface area (Å²) >= 11 is 0. The van der Waals surface area contributed by atoms with Crippen LogP contribution in [0.5, 0.6) is 0 Å². The Kier molecular flexibility index (Phi) is 4.01. The molecule has 0 aliphatic rings. The second kappa shape index (κ2) is 4.30. The number of ether oxygens (including phenoxy) is 1. The van der Waals surface area contributed by atoms with Gasteiger partial charge < -0.3 is 4.74 Å². The van der Waals surface area contributed by atoms with Crippen molar-refractivity contribution < 1.29 is 13.5 Å². The van der Waals surface area contributed by atoms with Crippen LogP contribution in [-0.4, -0.2) is 6.61 Å². The Balaban J connectivity index is 3.83. The first kappa shape index (κ1) is 8.40. The van der Waals surface area contributed by atoms with Gasteiger partial charge in [-0.2, -0.15) is 8.78 Å². The van der Waals surface area contributed by atoms with E-state index in [4.69, 9.17) is 0 Å². The van der Waals surface area contributed by atoms with Crippen molar-refractivity contribution in [2.24, 2.45) is 0 Å². The van der Waals surface area contributed by atoms with Gasteiger partial charge in [0.2, 0.25) is 0 Å². The van der Waals surface area contributed by atoms with Crippen molar-refractivity contribution in [1.82, 2.24) is 0 Å². The number of allylic oxidation sites excluding steroid dienone is 1. The van der Waals surface area contributed by atoms with E-state index in [9.17, 15) is 8.78 Å². The molecule has 54 valence electrons. The van der Waals surface area contributed by atoms with Gasteiger partial charge in [0.15, 0.2) is 5.76 Å². The minimum atomic E-state index is -1.71. The lowest BCUT2D eigenvalue weighted by Gasteiger charge is -2.02. The van der Waals surface area contributed by atoms with Gasteiger partial charge in [-0.25, -0.2) is 0 Å². The molecule has 0 aliphatic carbocycles. The van der Waals surface area contributed by atoms with Crippen LogP contribution in [0.3, 0.4) is 0 Å². The fraction of sp³-hybridized carbons (Fsp3) is 0.667. The summed E-state index contributed by atoms with van der Waals surface area (Å²) in [5.74, 6) is -0.197. The lowest BCUT2D eigenvalue weighted by atomic mass is 10.4. The van der Waals surface area contributed by atoms with Crippen molar-refractivity contribution in [2.45, 2.75) is 20.3 Å². The van der Waals surface area contributed by atoms with Crippen LogP contribution < -0.4 is 0 Å². The van der Waals surface area contributed by atoms with Crippen molar-refractivity contribution in [1.29, 1.82) is 0 Å². The highest BCUT2D eigenvalue weighted by Gasteiger charge is 2.01. The normalized spacial score (nSPS) is 8.89. The second-order valence-corrected chi connectivity index (χ2v) is 1.47. The third-order valence-electron chi connectivity index (χ3n) is 0.850. The Morgan fingerprint density at radius 3 is 2.00 bits per heavy atom. The number of halogens is 2. The summed E-state index contributed by atoms with van der Waals surface area (Å²) in [6.45, 7) is 3.61. The highest BCUT2D eigenvalue weighted by atomic mass is 19.3. The summed E-state index contributed by atoms with van der Waals surface area (Å²) < 4.78 is 27.9. The Labute approximate surface area is 53.3 Å².